The van der Waals surface area contributed by atoms with Gasteiger partial charge < -0.3 is 9.84 Å². The molecule has 0 radical (unpaired) electrons. The number of Topliss-reactive ketones (excluding diaryl/α,β-unsaturated/α-hetero) is 1. The Balaban J connectivity index is 3.02. The van der Waals surface area contributed by atoms with Gasteiger partial charge in [0, 0.05) is 16.5 Å². The molecule has 0 bridgehead atoms. The smallest absolute Gasteiger partial charge is 0.372 e. The Kier molecular flexibility index (Phi) is 3.85. The molecule has 0 saturated carbocycles. The zero-order chi connectivity index (χ0) is 11.4. The van der Waals surface area contributed by atoms with Gasteiger partial charge in [-0.05, 0) is 12.1 Å². The number of aliphatic carboxylic acids is 1. The summed E-state index contributed by atoms with van der Waals surface area (Å²) >= 11 is 3.24. The molecule has 5 heteroatoms. The van der Waals surface area contributed by atoms with E-state index < -0.39 is 11.8 Å². The molecule has 0 saturated heterocycles. The number of rotatable bonds is 4. The maximum atomic E-state index is 11.1. The summed E-state index contributed by atoms with van der Waals surface area (Å²) in [6.45, 7) is 0. The number of ketones is 1. The molecule has 1 aromatic carbocycles. The van der Waals surface area contributed by atoms with Crippen LogP contribution < -0.4 is 4.74 Å². The Bertz CT molecular complexity index is 400. The Morgan fingerprint density at radius 2 is 2.13 bits per heavy atom. The minimum absolute atomic E-state index is 0.181. The van der Waals surface area contributed by atoms with E-state index >= 15 is 0 Å². The molecule has 0 unspecified atom stereocenters. The molecule has 1 aromatic rings. The van der Waals surface area contributed by atoms with E-state index in [1.165, 1.54) is 7.11 Å². The van der Waals surface area contributed by atoms with Crippen molar-refractivity contribution in [2.24, 2.45) is 0 Å². The van der Waals surface area contributed by atoms with Crippen LogP contribution in [0.5, 0.6) is 5.75 Å². The largest absolute Gasteiger partial charge is 0.496 e. The van der Waals surface area contributed by atoms with E-state index in [1.807, 2.05) is 0 Å². The van der Waals surface area contributed by atoms with Gasteiger partial charge in [0.1, 0.15) is 5.75 Å². The number of carboxylic acid groups (broad SMARTS) is 1. The zero-order valence-electron chi connectivity index (χ0n) is 7.99. The van der Waals surface area contributed by atoms with Gasteiger partial charge in [-0.25, -0.2) is 4.79 Å². The number of carboxylic acids is 1. The van der Waals surface area contributed by atoms with Crippen LogP contribution in [0.25, 0.3) is 0 Å². The maximum Gasteiger partial charge on any atom is 0.372 e. The molecule has 1 rings (SSSR count). The van der Waals surface area contributed by atoms with Crippen LogP contribution in [-0.4, -0.2) is 24.0 Å². The van der Waals surface area contributed by atoms with Gasteiger partial charge in [-0.15, -0.1) is 0 Å². The summed E-state index contributed by atoms with van der Waals surface area (Å²) in [6.07, 6.45) is -0.181. The first kappa shape index (κ1) is 11.7. The van der Waals surface area contributed by atoms with Gasteiger partial charge in [-0.2, -0.15) is 0 Å². The summed E-state index contributed by atoms with van der Waals surface area (Å²) < 4.78 is 5.70. The summed E-state index contributed by atoms with van der Waals surface area (Å²) in [7, 11) is 1.47. The summed E-state index contributed by atoms with van der Waals surface area (Å²) in [5.74, 6) is -1.80. The number of methoxy groups -OCH3 is 1. The first-order valence-electron chi connectivity index (χ1n) is 4.13. The molecule has 0 heterocycles. The van der Waals surface area contributed by atoms with Crippen LogP contribution in [-0.2, 0) is 16.0 Å². The molecule has 1 N–H and O–H groups in total. The second-order valence-corrected chi connectivity index (χ2v) is 3.68. The molecule has 0 aliphatic rings. The number of benzene rings is 1. The van der Waals surface area contributed by atoms with Crippen LogP contribution in [0.3, 0.4) is 0 Å². The Morgan fingerprint density at radius 1 is 1.47 bits per heavy atom. The quantitative estimate of drug-likeness (QED) is 0.847. The summed E-state index contributed by atoms with van der Waals surface area (Å²) in [4.78, 5) is 21.5. The van der Waals surface area contributed by atoms with E-state index in [-0.39, 0.29) is 6.42 Å². The van der Waals surface area contributed by atoms with Gasteiger partial charge in [-0.3, -0.25) is 4.79 Å². The highest BCUT2D eigenvalue weighted by Gasteiger charge is 2.17. The zero-order valence-corrected chi connectivity index (χ0v) is 9.58. The molecule has 4 nitrogen and oxygen atoms in total. The summed E-state index contributed by atoms with van der Waals surface area (Å²) in [5, 5.41) is 8.49. The molecule has 0 fully saturated rings. The lowest BCUT2D eigenvalue weighted by Gasteiger charge is -2.08. The fourth-order valence-corrected chi connectivity index (χ4v) is 1.63. The molecule has 0 spiro atoms. The highest BCUT2D eigenvalue weighted by Crippen LogP contribution is 2.27. The molecule has 0 atom stereocenters. The van der Waals surface area contributed by atoms with Crippen molar-refractivity contribution in [2.75, 3.05) is 7.11 Å². The fraction of sp³-hybridized carbons (Fsp3) is 0.200. The lowest BCUT2D eigenvalue weighted by atomic mass is 10.1. The predicted molar refractivity (Wildman–Crippen MR) is 57.0 cm³/mol. The van der Waals surface area contributed by atoms with E-state index in [0.29, 0.717) is 15.8 Å². The predicted octanol–water partition coefficient (Wildman–Crippen LogP) is 1.65. The number of hydrogen-bond acceptors (Lipinski definition) is 3. The van der Waals surface area contributed by atoms with Gasteiger partial charge in [0.05, 0.1) is 7.11 Å². The van der Waals surface area contributed by atoms with Gasteiger partial charge in [0.2, 0.25) is 5.78 Å². The number of halogens is 1. The van der Waals surface area contributed by atoms with Crippen LogP contribution in [0.4, 0.5) is 0 Å². The van der Waals surface area contributed by atoms with Crippen molar-refractivity contribution in [1.29, 1.82) is 0 Å². The van der Waals surface area contributed by atoms with Crippen molar-refractivity contribution < 1.29 is 19.4 Å². The maximum absolute atomic E-state index is 11.1. The van der Waals surface area contributed by atoms with Crippen LogP contribution >= 0.6 is 15.9 Å². The summed E-state index contributed by atoms with van der Waals surface area (Å²) in [5.41, 5.74) is 0.549. The molecular weight excluding hydrogens is 264 g/mol. The van der Waals surface area contributed by atoms with Gasteiger partial charge in [-0.1, -0.05) is 22.0 Å². The summed E-state index contributed by atoms with van der Waals surface area (Å²) in [6, 6.07) is 5.15. The van der Waals surface area contributed by atoms with Gasteiger partial charge in [0.15, 0.2) is 0 Å². The first-order chi connectivity index (χ1) is 7.06. The number of carbonyl (C=O) groups excluding carboxylic acids is 1. The molecule has 80 valence electrons. The Labute approximate surface area is 95.0 Å². The monoisotopic (exact) mass is 272 g/mol. The second-order valence-electron chi connectivity index (χ2n) is 2.83. The normalized spacial score (nSPS) is 9.73. The standard InChI is InChI=1S/C10H9BrO4/c1-15-9-4-2-3-7(11)6(9)5-8(12)10(13)14/h2-4H,5H2,1H3,(H,13,14). The Morgan fingerprint density at radius 3 is 2.67 bits per heavy atom. The molecule has 0 aliphatic carbocycles. The van der Waals surface area contributed by atoms with Crippen molar-refractivity contribution in [1.82, 2.24) is 0 Å². The third kappa shape index (κ3) is 2.79. The second kappa shape index (κ2) is 4.93. The van der Waals surface area contributed by atoms with E-state index in [0.717, 1.165) is 0 Å². The third-order valence-corrected chi connectivity index (χ3v) is 2.61. The van der Waals surface area contributed by atoms with Gasteiger partial charge in [0.25, 0.3) is 0 Å². The van der Waals surface area contributed by atoms with Crippen molar-refractivity contribution >= 4 is 27.7 Å². The lowest BCUT2D eigenvalue weighted by molar-refractivity contribution is -0.148. The average Bonchev–Trinajstić information content (AvgIpc) is 2.20. The van der Waals surface area contributed by atoms with E-state index in [9.17, 15) is 9.59 Å². The first-order valence-corrected chi connectivity index (χ1v) is 4.93. The van der Waals surface area contributed by atoms with Crippen molar-refractivity contribution in [2.45, 2.75) is 6.42 Å². The van der Waals surface area contributed by atoms with E-state index in [1.54, 1.807) is 18.2 Å². The van der Waals surface area contributed by atoms with Gasteiger partial charge >= 0.3 is 5.97 Å². The molecule has 15 heavy (non-hydrogen) atoms. The Hall–Kier alpha value is -1.36. The van der Waals surface area contributed by atoms with Crippen LogP contribution in [0, 0.1) is 0 Å². The van der Waals surface area contributed by atoms with E-state index in [4.69, 9.17) is 9.84 Å². The van der Waals surface area contributed by atoms with Crippen LogP contribution in [0.2, 0.25) is 0 Å². The third-order valence-electron chi connectivity index (χ3n) is 1.87. The van der Waals surface area contributed by atoms with Crippen molar-refractivity contribution in [3.8, 4) is 5.75 Å². The minimum Gasteiger partial charge on any atom is -0.496 e. The molecule has 0 aliphatic heterocycles. The number of carbonyl (C=O) groups is 2. The number of ether oxygens (including phenoxy) is 1. The average molecular weight is 273 g/mol. The molecule has 0 aromatic heterocycles. The van der Waals surface area contributed by atoms with Crippen LogP contribution in [0.15, 0.2) is 22.7 Å². The number of hydrogen-bond donors (Lipinski definition) is 1. The topological polar surface area (TPSA) is 63.6 Å². The molecule has 0 amide bonds. The highest BCUT2D eigenvalue weighted by atomic mass is 79.9. The van der Waals surface area contributed by atoms with Crippen LogP contribution in [0.1, 0.15) is 5.56 Å². The van der Waals surface area contributed by atoms with Crippen molar-refractivity contribution in [3.05, 3.63) is 28.2 Å². The fourth-order valence-electron chi connectivity index (χ4n) is 1.14. The van der Waals surface area contributed by atoms with E-state index in [2.05, 4.69) is 15.9 Å². The molecular formula is C10H9BrO4. The lowest BCUT2D eigenvalue weighted by Crippen LogP contribution is -2.15. The SMILES string of the molecule is COc1cccc(Br)c1CC(=O)C(=O)O. The van der Waals surface area contributed by atoms with Crippen molar-refractivity contribution in [3.63, 3.8) is 0 Å². The highest BCUT2D eigenvalue weighted by molar-refractivity contribution is 9.10. The minimum atomic E-state index is -1.44.